The Morgan fingerprint density at radius 3 is 2.88 bits per heavy atom. The predicted octanol–water partition coefficient (Wildman–Crippen LogP) is 2.58. The van der Waals surface area contributed by atoms with Crippen molar-refractivity contribution in [2.75, 3.05) is 0 Å². The van der Waals surface area contributed by atoms with Gasteiger partial charge in [-0.15, -0.1) is 0 Å². The minimum absolute atomic E-state index is 0.672. The summed E-state index contributed by atoms with van der Waals surface area (Å²) in [5, 5.41) is 0. The van der Waals surface area contributed by atoms with Crippen molar-refractivity contribution in [3.05, 3.63) is 36.4 Å². The molecule has 0 radical (unpaired) electrons. The lowest BCUT2D eigenvalue weighted by Gasteiger charge is -1.83. The Morgan fingerprint density at radius 1 is 1.25 bits per heavy atom. The second kappa shape index (κ2) is 8.26. The lowest BCUT2D eigenvalue weighted by Crippen LogP contribution is -1.80. The molecule has 80 valence electrons. The molecule has 1 aromatic rings. The number of nitrogens with zero attached hydrogens (tertiary/aromatic N) is 2. The first kappa shape index (κ1) is 12.0. The summed E-state index contributed by atoms with van der Waals surface area (Å²) in [6.07, 6.45) is 11.7. The van der Waals surface area contributed by atoms with Gasteiger partial charge in [-0.1, -0.05) is 31.1 Å². The molecule has 0 atom stereocenters. The maximum Gasteiger partial charge on any atom is 0.131 e. The van der Waals surface area contributed by atoms with Crippen LogP contribution in [0.15, 0.2) is 30.7 Å². The molecule has 0 aliphatic heterocycles. The van der Waals surface area contributed by atoms with Crippen LogP contribution in [-0.4, -0.2) is 9.97 Å². The van der Waals surface area contributed by atoms with Crippen molar-refractivity contribution in [3.8, 4) is 23.7 Å². The van der Waals surface area contributed by atoms with Crippen molar-refractivity contribution in [1.29, 1.82) is 0 Å². The third-order valence-electron chi connectivity index (χ3n) is 1.77. The van der Waals surface area contributed by atoms with Crippen molar-refractivity contribution in [3.63, 3.8) is 0 Å². The molecule has 2 nitrogen and oxygen atoms in total. The van der Waals surface area contributed by atoms with Crippen LogP contribution in [0, 0.1) is 23.7 Å². The van der Waals surface area contributed by atoms with E-state index >= 15 is 0 Å². The fourth-order valence-corrected chi connectivity index (χ4v) is 0.959. The molecular formula is C14H14N2. The molecule has 0 fully saturated rings. The van der Waals surface area contributed by atoms with Crippen LogP contribution < -0.4 is 0 Å². The van der Waals surface area contributed by atoms with E-state index in [9.17, 15) is 0 Å². The van der Waals surface area contributed by atoms with Crippen LogP contribution in [0.5, 0.6) is 0 Å². The highest BCUT2D eigenvalue weighted by atomic mass is 14.7. The van der Waals surface area contributed by atoms with Crippen LogP contribution in [0.4, 0.5) is 0 Å². The van der Waals surface area contributed by atoms with Gasteiger partial charge in [0.25, 0.3) is 0 Å². The van der Waals surface area contributed by atoms with Gasteiger partial charge in [-0.3, -0.25) is 4.98 Å². The van der Waals surface area contributed by atoms with Crippen molar-refractivity contribution in [2.45, 2.75) is 26.2 Å². The maximum absolute atomic E-state index is 4.03. The van der Waals surface area contributed by atoms with Crippen molar-refractivity contribution < 1.29 is 0 Å². The molecule has 2 heteroatoms. The molecule has 0 aromatic carbocycles. The fraction of sp³-hybridized carbons (Fsp3) is 0.286. The Hall–Kier alpha value is -2.06. The van der Waals surface area contributed by atoms with Crippen molar-refractivity contribution in [2.24, 2.45) is 0 Å². The third kappa shape index (κ3) is 5.62. The second-order valence-electron chi connectivity index (χ2n) is 3.12. The molecule has 0 N–H and O–H groups in total. The predicted molar refractivity (Wildman–Crippen MR) is 65.4 cm³/mol. The standard InChI is InChI=1S/C14H14N2/c1-2-3-4-5-6-7-8-9-10-14-13-15-11-12-16-14/h7-8,11-13H,2-4H2,1H3. The van der Waals surface area contributed by atoms with Crippen LogP contribution in [0.1, 0.15) is 31.9 Å². The highest BCUT2D eigenvalue weighted by Crippen LogP contribution is 1.90. The summed E-state index contributed by atoms with van der Waals surface area (Å²) in [6, 6.07) is 0. The molecule has 0 aliphatic carbocycles. The third-order valence-corrected chi connectivity index (χ3v) is 1.77. The van der Waals surface area contributed by atoms with Crippen molar-refractivity contribution in [1.82, 2.24) is 9.97 Å². The molecule has 0 spiro atoms. The Labute approximate surface area is 96.8 Å². The van der Waals surface area contributed by atoms with Crippen LogP contribution in [0.25, 0.3) is 0 Å². The maximum atomic E-state index is 4.03. The van der Waals surface area contributed by atoms with Gasteiger partial charge < -0.3 is 0 Å². The zero-order chi connectivity index (χ0) is 11.5. The van der Waals surface area contributed by atoms with E-state index in [2.05, 4.69) is 40.6 Å². The number of unbranched alkanes of at least 4 members (excludes halogenated alkanes) is 2. The molecule has 1 rings (SSSR count). The van der Waals surface area contributed by atoms with Gasteiger partial charge in [-0.2, -0.15) is 0 Å². The monoisotopic (exact) mass is 210 g/mol. The topological polar surface area (TPSA) is 25.8 Å². The smallest absolute Gasteiger partial charge is 0.131 e. The average Bonchev–Trinajstić information content (AvgIpc) is 2.34. The number of allylic oxidation sites excluding steroid dienone is 2. The molecule has 1 heterocycles. The van der Waals surface area contributed by atoms with E-state index in [1.54, 1.807) is 30.7 Å². The van der Waals surface area contributed by atoms with Gasteiger partial charge in [-0.25, -0.2) is 4.98 Å². The Balaban J connectivity index is 2.36. The van der Waals surface area contributed by atoms with E-state index in [1.165, 1.54) is 6.42 Å². The minimum Gasteiger partial charge on any atom is -0.260 e. The summed E-state index contributed by atoms with van der Waals surface area (Å²) in [5.74, 6) is 11.7. The molecule has 0 saturated carbocycles. The van der Waals surface area contributed by atoms with E-state index in [0.29, 0.717) is 5.69 Å². The van der Waals surface area contributed by atoms with Gasteiger partial charge in [-0.05, 0) is 24.5 Å². The molecule has 0 bridgehead atoms. The Morgan fingerprint density at radius 2 is 2.12 bits per heavy atom. The summed E-state index contributed by atoms with van der Waals surface area (Å²) >= 11 is 0. The van der Waals surface area contributed by atoms with Gasteiger partial charge in [0, 0.05) is 18.8 Å². The van der Waals surface area contributed by atoms with Gasteiger partial charge in [0.2, 0.25) is 0 Å². The number of hydrogen-bond donors (Lipinski definition) is 0. The second-order valence-corrected chi connectivity index (χ2v) is 3.12. The lowest BCUT2D eigenvalue weighted by atomic mass is 10.2. The van der Waals surface area contributed by atoms with E-state index in [0.717, 1.165) is 12.8 Å². The highest BCUT2D eigenvalue weighted by molar-refractivity contribution is 5.32. The quantitative estimate of drug-likeness (QED) is 0.554. The van der Waals surface area contributed by atoms with Gasteiger partial charge in [0.1, 0.15) is 5.69 Å². The fourth-order valence-electron chi connectivity index (χ4n) is 0.959. The lowest BCUT2D eigenvalue weighted by molar-refractivity contribution is 0.828. The van der Waals surface area contributed by atoms with Crippen LogP contribution in [-0.2, 0) is 0 Å². The zero-order valence-corrected chi connectivity index (χ0v) is 9.40. The van der Waals surface area contributed by atoms with Crippen LogP contribution in [0.2, 0.25) is 0 Å². The van der Waals surface area contributed by atoms with Crippen LogP contribution >= 0.6 is 0 Å². The molecule has 16 heavy (non-hydrogen) atoms. The summed E-state index contributed by atoms with van der Waals surface area (Å²) in [5.41, 5.74) is 0.672. The first-order valence-electron chi connectivity index (χ1n) is 5.34. The number of hydrogen-bond acceptors (Lipinski definition) is 2. The molecule has 1 aromatic heterocycles. The molecule has 0 aliphatic rings. The van der Waals surface area contributed by atoms with Crippen LogP contribution in [0.3, 0.4) is 0 Å². The van der Waals surface area contributed by atoms with Gasteiger partial charge in [0.15, 0.2) is 0 Å². The normalized spacial score (nSPS) is 9.06. The SMILES string of the molecule is CCCCC#CC=CC#Cc1cnccn1. The first-order valence-corrected chi connectivity index (χ1v) is 5.34. The Kier molecular flexibility index (Phi) is 6.20. The van der Waals surface area contributed by atoms with E-state index < -0.39 is 0 Å². The summed E-state index contributed by atoms with van der Waals surface area (Å²) in [6.45, 7) is 2.16. The molecule has 0 amide bonds. The van der Waals surface area contributed by atoms with Gasteiger partial charge >= 0.3 is 0 Å². The molecule has 0 saturated heterocycles. The largest absolute Gasteiger partial charge is 0.260 e. The molecular weight excluding hydrogens is 196 g/mol. The molecule has 0 unspecified atom stereocenters. The summed E-state index contributed by atoms with van der Waals surface area (Å²) in [7, 11) is 0. The van der Waals surface area contributed by atoms with Gasteiger partial charge in [0.05, 0.1) is 6.20 Å². The number of rotatable bonds is 2. The van der Waals surface area contributed by atoms with E-state index in [4.69, 9.17) is 0 Å². The minimum atomic E-state index is 0.672. The first-order chi connectivity index (χ1) is 7.93. The summed E-state index contributed by atoms with van der Waals surface area (Å²) < 4.78 is 0. The van der Waals surface area contributed by atoms with E-state index in [1.807, 2.05) is 0 Å². The highest BCUT2D eigenvalue weighted by Gasteiger charge is 1.81. The summed E-state index contributed by atoms with van der Waals surface area (Å²) in [4.78, 5) is 7.95. The Bertz CT molecular complexity index is 438. The zero-order valence-electron chi connectivity index (χ0n) is 9.40. The van der Waals surface area contributed by atoms with Crippen molar-refractivity contribution >= 4 is 0 Å². The van der Waals surface area contributed by atoms with E-state index in [-0.39, 0.29) is 0 Å². The number of aromatic nitrogens is 2. The average molecular weight is 210 g/mol.